The van der Waals surface area contributed by atoms with Gasteiger partial charge in [-0.3, -0.25) is 9.59 Å². The van der Waals surface area contributed by atoms with E-state index < -0.39 is 5.91 Å². The Balaban J connectivity index is 2.09. The fraction of sp³-hybridized carbons (Fsp3) is 0.118. The Labute approximate surface area is 148 Å². The van der Waals surface area contributed by atoms with E-state index in [4.69, 9.17) is 33.2 Å². The summed E-state index contributed by atoms with van der Waals surface area (Å²) >= 11 is 11.9. The number of anilines is 1. The molecular weight excluding hydrogens is 351 g/mol. The predicted molar refractivity (Wildman–Crippen MR) is 91.7 cm³/mol. The molecule has 0 spiro atoms. The highest BCUT2D eigenvalue weighted by Gasteiger charge is 2.16. The minimum absolute atomic E-state index is 0.106. The second kappa shape index (κ2) is 7.82. The molecule has 5 nitrogen and oxygen atoms in total. The average molecular weight is 363 g/mol. The van der Waals surface area contributed by atoms with E-state index in [1.54, 1.807) is 18.2 Å². The molecular formula is C17H12Cl2N2O3. The number of nitrogens with zero attached hydrogens (tertiary/aromatic N) is 1. The van der Waals surface area contributed by atoms with E-state index in [0.717, 1.165) is 0 Å². The van der Waals surface area contributed by atoms with Gasteiger partial charge in [-0.05, 0) is 37.3 Å². The van der Waals surface area contributed by atoms with Gasteiger partial charge in [0.25, 0.3) is 5.91 Å². The molecule has 1 N–H and O–H groups in total. The first-order valence-electron chi connectivity index (χ1n) is 6.83. The van der Waals surface area contributed by atoms with Gasteiger partial charge in [-0.15, -0.1) is 0 Å². The van der Waals surface area contributed by atoms with Gasteiger partial charge in [-0.1, -0.05) is 29.3 Å². The number of hydrogen-bond donors (Lipinski definition) is 1. The summed E-state index contributed by atoms with van der Waals surface area (Å²) in [5, 5.41) is 11.9. The molecule has 2 rings (SSSR count). The maximum Gasteiger partial charge on any atom is 0.262 e. The summed E-state index contributed by atoms with van der Waals surface area (Å²) in [6.45, 7) is 1.00. The topological polar surface area (TPSA) is 79.2 Å². The van der Waals surface area contributed by atoms with Crippen LogP contribution in [0.4, 0.5) is 5.69 Å². The van der Waals surface area contributed by atoms with Crippen molar-refractivity contribution in [3.63, 3.8) is 0 Å². The Kier molecular flexibility index (Phi) is 5.80. The Bertz CT molecular complexity index is 844. The second-order valence-electron chi connectivity index (χ2n) is 4.85. The van der Waals surface area contributed by atoms with Gasteiger partial charge in [0.2, 0.25) is 0 Å². The summed E-state index contributed by atoms with van der Waals surface area (Å²) in [4.78, 5) is 23.6. The molecule has 1 amide bonds. The minimum atomic E-state index is -0.453. The van der Waals surface area contributed by atoms with Crippen LogP contribution in [0.5, 0.6) is 5.75 Å². The molecule has 0 saturated carbocycles. The monoisotopic (exact) mass is 362 g/mol. The molecule has 0 unspecified atom stereocenters. The number of Topliss-reactive ketones (excluding diaryl/α,β-unsaturated/α-hetero) is 1. The third-order valence-corrected chi connectivity index (χ3v) is 3.51. The van der Waals surface area contributed by atoms with E-state index in [2.05, 4.69) is 5.32 Å². The van der Waals surface area contributed by atoms with Gasteiger partial charge in [0.05, 0.1) is 22.2 Å². The lowest BCUT2D eigenvalue weighted by atomic mass is 10.1. The SMILES string of the molecule is CC(=O)c1cc(Cl)cc(Cl)c1OCC(=O)Nc1cccc(C#N)c1. The molecule has 2 aromatic rings. The lowest BCUT2D eigenvalue weighted by Crippen LogP contribution is -2.21. The summed E-state index contributed by atoms with van der Waals surface area (Å²) in [6.07, 6.45) is 0. The lowest BCUT2D eigenvalue weighted by Gasteiger charge is -2.12. The van der Waals surface area contributed by atoms with Gasteiger partial charge < -0.3 is 10.1 Å². The van der Waals surface area contributed by atoms with Gasteiger partial charge in [0.1, 0.15) is 5.75 Å². The predicted octanol–water partition coefficient (Wildman–Crippen LogP) is 4.09. The minimum Gasteiger partial charge on any atom is -0.481 e. The number of benzene rings is 2. The Hall–Kier alpha value is -2.55. The average Bonchev–Trinajstić information content (AvgIpc) is 2.53. The molecule has 7 heteroatoms. The molecule has 0 aromatic heterocycles. The van der Waals surface area contributed by atoms with Crippen LogP contribution in [0.3, 0.4) is 0 Å². The molecule has 2 aromatic carbocycles. The summed E-state index contributed by atoms with van der Waals surface area (Å²) in [6, 6.07) is 11.3. The van der Waals surface area contributed by atoms with Gasteiger partial charge in [-0.2, -0.15) is 5.26 Å². The largest absolute Gasteiger partial charge is 0.481 e. The molecule has 0 bridgehead atoms. The highest BCUT2D eigenvalue weighted by Crippen LogP contribution is 2.32. The van der Waals surface area contributed by atoms with Crippen molar-refractivity contribution >= 4 is 40.6 Å². The summed E-state index contributed by atoms with van der Waals surface area (Å²) in [7, 11) is 0. The quantitative estimate of drug-likeness (QED) is 0.812. The first kappa shape index (κ1) is 17.8. The maximum absolute atomic E-state index is 12.0. The van der Waals surface area contributed by atoms with Crippen LogP contribution < -0.4 is 10.1 Å². The molecule has 122 valence electrons. The van der Waals surface area contributed by atoms with E-state index in [1.165, 1.54) is 25.1 Å². The zero-order chi connectivity index (χ0) is 17.7. The van der Waals surface area contributed by atoms with Crippen LogP contribution in [0.1, 0.15) is 22.8 Å². The van der Waals surface area contributed by atoms with Crippen LogP contribution in [0.15, 0.2) is 36.4 Å². The van der Waals surface area contributed by atoms with E-state index >= 15 is 0 Å². The first-order valence-corrected chi connectivity index (χ1v) is 7.59. The number of amides is 1. The molecule has 0 fully saturated rings. The Morgan fingerprint density at radius 1 is 1.25 bits per heavy atom. The van der Waals surface area contributed by atoms with E-state index in [1.807, 2.05) is 6.07 Å². The molecule has 24 heavy (non-hydrogen) atoms. The van der Waals surface area contributed by atoms with Gasteiger partial charge >= 0.3 is 0 Å². The van der Waals surface area contributed by atoms with Crippen LogP contribution >= 0.6 is 23.2 Å². The maximum atomic E-state index is 12.0. The molecule has 0 aliphatic heterocycles. The number of rotatable bonds is 5. The van der Waals surface area contributed by atoms with Crippen molar-refractivity contribution in [2.45, 2.75) is 6.92 Å². The van der Waals surface area contributed by atoms with Crippen LogP contribution in [0.25, 0.3) is 0 Å². The molecule has 0 aliphatic rings. The van der Waals surface area contributed by atoms with E-state index in [0.29, 0.717) is 16.3 Å². The van der Waals surface area contributed by atoms with Crippen molar-refractivity contribution in [1.82, 2.24) is 0 Å². The number of carbonyl (C=O) groups excluding carboxylic acids is 2. The van der Waals surface area contributed by atoms with Crippen molar-refractivity contribution in [3.8, 4) is 11.8 Å². The van der Waals surface area contributed by atoms with E-state index in [-0.39, 0.29) is 28.7 Å². The van der Waals surface area contributed by atoms with Crippen molar-refractivity contribution < 1.29 is 14.3 Å². The van der Waals surface area contributed by atoms with Crippen LogP contribution in [0.2, 0.25) is 10.0 Å². The van der Waals surface area contributed by atoms with Crippen LogP contribution in [-0.2, 0) is 4.79 Å². The number of carbonyl (C=O) groups is 2. The standard InChI is InChI=1S/C17H12Cl2N2O3/c1-10(22)14-6-12(18)7-15(19)17(14)24-9-16(23)21-13-4-2-3-11(5-13)8-20/h2-7H,9H2,1H3,(H,21,23). The van der Waals surface area contributed by atoms with Gasteiger partial charge in [0.15, 0.2) is 12.4 Å². The normalized spacial score (nSPS) is 9.92. The molecule has 0 radical (unpaired) electrons. The summed E-state index contributed by atoms with van der Waals surface area (Å²) in [5.74, 6) is -0.628. The van der Waals surface area contributed by atoms with E-state index in [9.17, 15) is 9.59 Å². The van der Waals surface area contributed by atoms with Crippen LogP contribution in [0, 0.1) is 11.3 Å². The van der Waals surface area contributed by atoms with Crippen molar-refractivity contribution in [1.29, 1.82) is 5.26 Å². The third-order valence-electron chi connectivity index (χ3n) is 3.01. The summed E-state index contributed by atoms with van der Waals surface area (Å²) < 4.78 is 5.39. The van der Waals surface area contributed by atoms with Gasteiger partial charge in [0, 0.05) is 10.7 Å². The lowest BCUT2D eigenvalue weighted by molar-refractivity contribution is -0.118. The molecule has 0 heterocycles. The molecule has 0 saturated heterocycles. The Morgan fingerprint density at radius 2 is 2.00 bits per heavy atom. The highest BCUT2D eigenvalue weighted by molar-refractivity contribution is 6.36. The molecule has 0 atom stereocenters. The van der Waals surface area contributed by atoms with Crippen LogP contribution in [-0.4, -0.2) is 18.3 Å². The number of nitrogens with one attached hydrogen (secondary N) is 1. The van der Waals surface area contributed by atoms with Crippen molar-refractivity contribution in [2.24, 2.45) is 0 Å². The van der Waals surface area contributed by atoms with Gasteiger partial charge in [-0.25, -0.2) is 0 Å². The zero-order valence-corrected chi connectivity index (χ0v) is 14.1. The first-order chi connectivity index (χ1) is 11.4. The van der Waals surface area contributed by atoms with Crippen molar-refractivity contribution in [2.75, 3.05) is 11.9 Å². The third kappa shape index (κ3) is 4.48. The van der Waals surface area contributed by atoms with Crippen molar-refractivity contribution in [3.05, 3.63) is 57.6 Å². The second-order valence-corrected chi connectivity index (χ2v) is 5.69. The smallest absolute Gasteiger partial charge is 0.262 e. The zero-order valence-electron chi connectivity index (χ0n) is 12.6. The number of hydrogen-bond acceptors (Lipinski definition) is 4. The number of nitriles is 1. The fourth-order valence-electron chi connectivity index (χ4n) is 1.97. The molecule has 0 aliphatic carbocycles. The Morgan fingerprint density at radius 3 is 2.67 bits per heavy atom. The highest BCUT2D eigenvalue weighted by atomic mass is 35.5. The number of ether oxygens (including phenoxy) is 1. The number of halogens is 2. The summed E-state index contributed by atoms with van der Waals surface area (Å²) in [5.41, 5.74) is 1.09. The number of ketones is 1. The fourth-order valence-corrected chi connectivity index (χ4v) is 2.52.